The SMILES string of the molecule is CCc1ccc(C(C)NCc2cnn(C(C)(C)C)c2)cc1. The third-order valence-corrected chi connectivity index (χ3v) is 3.82. The molecule has 1 N–H and O–H groups in total. The molecule has 0 fully saturated rings. The van der Waals surface area contributed by atoms with E-state index in [2.05, 4.69) is 75.5 Å². The molecule has 0 aliphatic heterocycles. The molecule has 0 bridgehead atoms. The molecule has 0 aliphatic carbocycles. The molecule has 1 heterocycles. The number of nitrogens with zero attached hydrogens (tertiary/aromatic N) is 2. The topological polar surface area (TPSA) is 29.9 Å². The second kappa shape index (κ2) is 6.44. The van der Waals surface area contributed by atoms with Crippen molar-refractivity contribution >= 4 is 0 Å². The van der Waals surface area contributed by atoms with Crippen molar-refractivity contribution in [2.75, 3.05) is 0 Å². The molecule has 0 saturated carbocycles. The van der Waals surface area contributed by atoms with Crippen LogP contribution in [0.4, 0.5) is 0 Å². The molecule has 1 aromatic heterocycles. The monoisotopic (exact) mass is 285 g/mol. The third-order valence-electron chi connectivity index (χ3n) is 3.82. The highest BCUT2D eigenvalue weighted by molar-refractivity contribution is 5.24. The standard InChI is InChI=1S/C18H27N3/c1-6-15-7-9-17(10-8-15)14(2)19-11-16-12-20-21(13-16)18(3,4)5/h7-10,12-14,19H,6,11H2,1-5H3. The fraction of sp³-hybridized carbons (Fsp3) is 0.500. The Morgan fingerprint density at radius 1 is 1.14 bits per heavy atom. The molecular weight excluding hydrogens is 258 g/mol. The van der Waals surface area contributed by atoms with Gasteiger partial charge in [0.25, 0.3) is 0 Å². The van der Waals surface area contributed by atoms with Crippen molar-refractivity contribution in [2.24, 2.45) is 0 Å². The van der Waals surface area contributed by atoms with Crippen LogP contribution in [0, 0.1) is 0 Å². The lowest BCUT2D eigenvalue weighted by molar-refractivity contribution is 0.355. The van der Waals surface area contributed by atoms with Crippen LogP contribution in [-0.2, 0) is 18.5 Å². The van der Waals surface area contributed by atoms with E-state index in [1.165, 1.54) is 16.7 Å². The van der Waals surface area contributed by atoms with Crippen LogP contribution in [0.5, 0.6) is 0 Å². The molecule has 0 spiro atoms. The van der Waals surface area contributed by atoms with Gasteiger partial charge in [-0.05, 0) is 45.2 Å². The molecule has 0 saturated heterocycles. The van der Waals surface area contributed by atoms with Crippen LogP contribution in [0.3, 0.4) is 0 Å². The van der Waals surface area contributed by atoms with E-state index in [4.69, 9.17) is 0 Å². The van der Waals surface area contributed by atoms with E-state index >= 15 is 0 Å². The Morgan fingerprint density at radius 2 is 1.81 bits per heavy atom. The Morgan fingerprint density at radius 3 is 2.33 bits per heavy atom. The van der Waals surface area contributed by atoms with Crippen molar-refractivity contribution in [1.29, 1.82) is 0 Å². The van der Waals surface area contributed by atoms with Gasteiger partial charge in [-0.1, -0.05) is 31.2 Å². The average molecular weight is 285 g/mol. The summed E-state index contributed by atoms with van der Waals surface area (Å²) < 4.78 is 2.02. The predicted octanol–water partition coefficient (Wildman–Crippen LogP) is 4.05. The number of aromatic nitrogens is 2. The highest BCUT2D eigenvalue weighted by Gasteiger charge is 2.14. The molecule has 3 heteroatoms. The lowest BCUT2D eigenvalue weighted by atomic mass is 10.0. The van der Waals surface area contributed by atoms with Crippen molar-refractivity contribution in [3.63, 3.8) is 0 Å². The first-order chi connectivity index (χ1) is 9.90. The molecule has 1 unspecified atom stereocenters. The summed E-state index contributed by atoms with van der Waals surface area (Å²) in [5, 5.41) is 8.00. The summed E-state index contributed by atoms with van der Waals surface area (Å²) in [6.45, 7) is 11.7. The van der Waals surface area contributed by atoms with Gasteiger partial charge < -0.3 is 5.32 Å². The zero-order valence-corrected chi connectivity index (χ0v) is 13.9. The Labute approximate surface area is 128 Å². The zero-order valence-electron chi connectivity index (χ0n) is 13.9. The maximum atomic E-state index is 4.44. The lowest BCUT2D eigenvalue weighted by Gasteiger charge is -2.19. The molecule has 0 radical (unpaired) electrons. The predicted molar refractivity (Wildman–Crippen MR) is 88.3 cm³/mol. The summed E-state index contributed by atoms with van der Waals surface area (Å²) in [7, 11) is 0. The van der Waals surface area contributed by atoms with Crippen LogP contribution in [0.2, 0.25) is 0 Å². The van der Waals surface area contributed by atoms with Crippen LogP contribution in [0.15, 0.2) is 36.7 Å². The number of nitrogens with one attached hydrogen (secondary N) is 1. The largest absolute Gasteiger partial charge is 0.306 e. The maximum Gasteiger partial charge on any atom is 0.0543 e. The molecule has 114 valence electrons. The van der Waals surface area contributed by atoms with E-state index in [9.17, 15) is 0 Å². The van der Waals surface area contributed by atoms with Gasteiger partial charge in [-0.2, -0.15) is 5.10 Å². The summed E-state index contributed by atoms with van der Waals surface area (Å²) in [5.74, 6) is 0. The minimum Gasteiger partial charge on any atom is -0.306 e. The van der Waals surface area contributed by atoms with Crippen molar-refractivity contribution in [2.45, 2.75) is 59.2 Å². The summed E-state index contributed by atoms with van der Waals surface area (Å²) in [4.78, 5) is 0. The smallest absolute Gasteiger partial charge is 0.0543 e. The Kier molecular flexibility index (Phi) is 4.84. The number of hydrogen-bond acceptors (Lipinski definition) is 2. The second-order valence-electron chi connectivity index (χ2n) is 6.66. The number of rotatable bonds is 5. The van der Waals surface area contributed by atoms with Crippen molar-refractivity contribution in [3.05, 3.63) is 53.3 Å². The average Bonchev–Trinajstić information content (AvgIpc) is 2.94. The second-order valence-corrected chi connectivity index (χ2v) is 6.66. The van der Waals surface area contributed by atoms with Gasteiger partial charge in [-0.15, -0.1) is 0 Å². The molecular formula is C18H27N3. The fourth-order valence-corrected chi connectivity index (χ4v) is 2.25. The molecule has 1 aromatic carbocycles. The quantitative estimate of drug-likeness (QED) is 0.898. The number of benzene rings is 1. The van der Waals surface area contributed by atoms with Gasteiger partial charge in [0.1, 0.15) is 0 Å². The fourth-order valence-electron chi connectivity index (χ4n) is 2.25. The van der Waals surface area contributed by atoms with Crippen molar-refractivity contribution in [3.8, 4) is 0 Å². The van der Waals surface area contributed by atoms with Crippen LogP contribution in [0.1, 0.15) is 57.4 Å². The molecule has 2 aromatic rings. The molecule has 0 aliphatic rings. The van der Waals surface area contributed by atoms with Crippen molar-refractivity contribution < 1.29 is 0 Å². The Balaban J connectivity index is 1.94. The summed E-state index contributed by atoms with van der Waals surface area (Å²) in [6.07, 6.45) is 5.17. The highest BCUT2D eigenvalue weighted by Crippen LogP contribution is 2.16. The molecule has 1 atom stereocenters. The molecule has 0 amide bonds. The maximum absolute atomic E-state index is 4.44. The molecule has 2 rings (SSSR count). The number of aryl methyl sites for hydroxylation is 1. The van der Waals surface area contributed by atoms with E-state index in [0.717, 1.165) is 13.0 Å². The van der Waals surface area contributed by atoms with Crippen LogP contribution < -0.4 is 5.32 Å². The first-order valence-corrected chi connectivity index (χ1v) is 7.76. The Bertz CT molecular complexity index is 561. The van der Waals surface area contributed by atoms with Crippen molar-refractivity contribution in [1.82, 2.24) is 15.1 Å². The van der Waals surface area contributed by atoms with Gasteiger partial charge in [0.05, 0.1) is 11.7 Å². The van der Waals surface area contributed by atoms with Crippen LogP contribution in [0.25, 0.3) is 0 Å². The van der Waals surface area contributed by atoms with E-state index < -0.39 is 0 Å². The highest BCUT2D eigenvalue weighted by atomic mass is 15.3. The Hall–Kier alpha value is -1.61. The minimum absolute atomic E-state index is 0.0415. The van der Waals surface area contributed by atoms with Gasteiger partial charge in [0, 0.05) is 24.3 Å². The van der Waals surface area contributed by atoms with E-state index in [1.807, 2.05) is 10.9 Å². The molecule has 21 heavy (non-hydrogen) atoms. The lowest BCUT2D eigenvalue weighted by Crippen LogP contribution is -2.22. The summed E-state index contributed by atoms with van der Waals surface area (Å²) >= 11 is 0. The normalized spacial score (nSPS) is 13.4. The minimum atomic E-state index is 0.0415. The first-order valence-electron chi connectivity index (χ1n) is 7.76. The van der Waals surface area contributed by atoms with E-state index in [0.29, 0.717) is 6.04 Å². The zero-order chi connectivity index (χ0) is 15.5. The summed E-state index contributed by atoms with van der Waals surface area (Å²) in [5.41, 5.74) is 3.98. The van der Waals surface area contributed by atoms with Crippen LogP contribution >= 0.6 is 0 Å². The van der Waals surface area contributed by atoms with Crippen LogP contribution in [-0.4, -0.2) is 9.78 Å². The van der Waals surface area contributed by atoms with E-state index in [-0.39, 0.29) is 5.54 Å². The molecule has 3 nitrogen and oxygen atoms in total. The summed E-state index contributed by atoms with van der Waals surface area (Å²) in [6, 6.07) is 9.20. The van der Waals surface area contributed by atoms with Gasteiger partial charge in [0.15, 0.2) is 0 Å². The van der Waals surface area contributed by atoms with Gasteiger partial charge >= 0.3 is 0 Å². The van der Waals surface area contributed by atoms with Gasteiger partial charge in [-0.25, -0.2) is 0 Å². The first kappa shape index (κ1) is 15.8. The van der Waals surface area contributed by atoms with Gasteiger partial charge in [-0.3, -0.25) is 4.68 Å². The number of hydrogen-bond donors (Lipinski definition) is 1. The third kappa shape index (κ3) is 4.18. The van der Waals surface area contributed by atoms with E-state index in [1.54, 1.807) is 0 Å². The van der Waals surface area contributed by atoms with Gasteiger partial charge in [0.2, 0.25) is 0 Å².